The van der Waals surface area contributed by atoms with Crippen LogP contribution in [0.3, 0.4) is 0 Å². The zero-order chi connectivity index (χ0) is 14.4. The third-order valence-corrected chi connectivity index (χ3v) is 2.94. The Hall–Kier alpha value is -2.55. The molecular weight excluding hydrogens is 248 g/mol. The summed E-state index contributed by atoms with van der Waals surface area (Å²) in [5.41, 5.74) is 3.53. The van der Waals surface area contributed by atoms with Gasteiger partial charge in [-0.2, -0.15) is 0 Å². The van der Waals surface area contributed by atoms with Crippen LogP contribution >= 0.6 is 0 Å². The van der Waals surface area contributed by atoms with Gasteiger partial charge in [0.1, 0.15) is 0 Å². The highest BCUT2D eigenvalue weighted by Gasteiger charge is 2.18. The van der Waals surface area contributed by atoms with E-state index >= 15 is 0 Å². The summed E-state index contributed by atoms with van der Waals surface area (Å²) in [5, 5.41) is 13.1. The van der Waals surface area contributed by atoms with Crippen LogP contribution in [-0.2, 0) is 0 Å². The van der Waals surface area contributed by atoms with Crippen molar-refractivity contribution in [2.45, 2.75) is 13.3 Å². The quantitative estimate of drug-likeness (QED) is 0.599. The minimum Gasteiger partial charge on any atom is -0.494 e. The Balaban J connectivity index is 2.32. The number of fused-ring (bicyclic) bond motifs is 2. The highest BCUT2D eigenvalue weighted by atomic mass is 16.3. The van der Waals surface area contributed by atoms with Crippen LogP contribution < -0.4 is 5.32 Å². The molecule has 0 unspecified atom stereocenters. The molecule has 0 saturated carbocycles. The summed E-state index contributed by atoms with van der Waals surface area (Å²) >= 11 is 0. The molecule has 0 fully saturated rings. The number of nitrogens with zero attached hydrogens (tertiary/aromatic N) is 1. The third-order valence-electron chi connectivity index (χ3n) is 2.94. The van der Waals surface area contributed by atoms with Crippen molar-refractivity contribution in [2.75, 3.05) is 0 Å². The Morgan fingerprint density at radius 2 is 2.20 bits per heavy atom. The molecule has 1 aliphatic carbocycles. The van der Waals surface area contributed by atoms with Crippen LogP contribution in [0.1, 0.15) is 13.3 Å². The molecule has 0 aromatic rings. The third kappa shape index (κ3) is 3.26. The lowest BCUT2D eigenvalue weighted by Gasteiger charge is -2.20. The summed E-state index contributed by atoms with van der Waals surface area (Å²) in [7, 11) is 0. The summed E-state index contributed by atoms with van der Waals surface area (Å²) < 4.78 is 0. The first-order chi connectivity index (χ1) is 9.74. The van der Waals surface area contributed by atoms with Gasteiger partial charge in [0.15, 0.2) is 5.88 Å². The molecule has 20 heavy (non-hydrogen) atoms. The van der Waals surface area contributed by atoms with Gasteiger partial charge >= 0.3 is 0 Å². The number of hydrogen-bond acceptors (Lipinski definition) is 3. The number of hydrogen-bond donors (Lipinski definition) is 2. The zero-order valence-corrected chi connectivity index (χ0v) is 11.5. The van der Waals surface area contributed by atoms with E-state index in [4.69, 9.17) is 0 Å². The molecule has 1 heterocycles. The summed E-state index contributed by atoms with van der Waals surface area (Å²) in [5.74, 6) is 0.139. The number of allylic oxidation sites excluding steroid dienone is 10. The monoisotopic (exact) mass is 266 g/mol. The van der Waals surface area contributed by atoms with E-state index in [9.17, 15) is 5.11 Å². The molecule has 2 bridgehead atoms. The van der Waals surface area contributed by atoms with Gasteiger partial charge in [0.25, 0.3) is 0 Å². The van der Waals surface area contributed by atoms with E-state index in [2.05, 4.69) is 16.9 Å². The largest absolute Gasteiger partial charge is 0.494 e. The van der Waals surface area contributed by atoms with Crippen molar-refractivity contribution in [3.63, 3.8) is 0 Å². The van der Waals surface area contributed by atoms with Gasteiger partial charge in [-0.3, -0.25) is 4.99 Å². The number of aliphatic imine (C=N–C) groups is 1. The van der Waals surface area contributed by atoms with Crippen LogP contribution in [0, 0.1) is 0 Å². The van der Waals surface area contributed by atoms with E-state index in [0.717, 1.165) is 23.4 Å². The number of nitrogens with one attached hydrogen (secondary N) is 1. The molecule has 0 aromatic carbocycles. The Kier molecular flexibility index (Phi) is 4.56. The van der Waals surface area contributed by atoms with Gasteiger partial charge < -0.3 is 10.4 Å². The van der Waals surface area contributed by atoms with Gasteiger partial charge in [0.05, 0.1) is 11.3 Å². The first kappa shape index (κ1) is 13.9. The van der Waals surface area contributed by atoms with E-state index in [0.29, 0.717) is 5.57 Å². The first-order valence-corrected chi connectivity index (χ1v) is 6.51. The SMILES string of the molecule is C=C/C=C(\C=C/C)N=CC1=C(O)NC2=CC=CC=C1C2. The molecule has 2 rings (SSSR count). The molecule has 0 saturated heterocycles. The minimum atomic E-state index is 0.139. The van der Waals surface area contributed by atoms with Crippen LogP contribution in [-0.4, -0.2) is 11.3 Å². The van der Waals surface area contributed by atoms with Crippen molar-refractivity contribution in [1.29, 1.82) is 0 Å². The van der Waals surface area contributed by atoms with Crippen molar-refractivity contribution < 1.29 is 5.11 Å². The maximum atomic E-state index is 10.1. The second-order valence-electron chi connectivity index (χ2n) is 4.42. The van der Waals surface area contributed by atoms with Crippen LogP contribution in [0.2, 0.25) is 0 Å². The van der Waals surface area contributed by atoms with Gasteiger partial charge in [-0.25, -0.2) is 0 Å². The van der Waals surface area contributed by atoms with Gasteiger partial charge in [-0.1, -0.05) is 37.0 Å². The predicted octanol–water partition coefficient (Wildman–Crippen LogP) is 3.85. The van der Waals surface area contributed by atoms with Gasteiger partial charge in [-0.15, -0.1) is 0 Å². The molecule has 3 nitrogen and oxygen atoms in total. The molecule has 2 aliphatic rings. The lowest BCUT2D eigenvalue weighted by molar-refractivity contribution is 0.369. The lowest BCUT2D eigenvalue weighted by Crippen LogP contribution is -2.21. The second-order valence-corrected chi connectivity index (χ2v) is 4.42. The van der Waals surface area contributed by atoms with Crippen molar-refractivity contribution in [1.82, 2.24) is 5.32 Å². The van der Waals surface area contributed by atoms with Crippen LogP contribution in [0.5, 0.6) is 0 Å². The molecule has 1 aliphatic heterocycles. The molecule has 0 atom stereocenters. The van der Waals surface area contributed by atoms with Crippen molar-refractivity contribution >= 4 is 6.21 Å². The van der Waals surface area contributed by atoms with E-state index in [1.807, 2.05) is 49.5 Å². The molecule has 2 N–H and O–H groups in total. The van der Waals surface area contributed by atoms with E-state index in [1.54, 1.807) is 12.3 Å². The van der Waals surface area contributed by atoms with E-state index in [1.165, 1.54) is 0 Å². The fourth-order valence-corrected chi connectivity index (χ4v) is 2.03. The standard InChI is InChI=1S/C17H18N2O/c1-3-7-14(8-4-2)18-12-16-13-9-5-6-10-15(11-13)19-17(16)20/h3-10,12,19-20H,1,11H2,2H3/b8-4-,14-7+,18-12?. The van der Waals surface area contributed by atoms with Crippen LogP contribution in [0.4, 0.5) is 0 Å². The molecule has 0 radical (unpaired) electrons. The summed E-state index contributed by atoms with van der Waals surface area (Å²) in [6.07, 6.45) is 17.6. The lowest BCUT2D eigenvalue weighted by atomic mass is 9.99. The smallest absolute Gasteiger partial charge is 0.197 e. The highest BCUT2D eigenvalue weighted by Crippen LogP contribution is 2.26. The van der Waals surface area contributed by atoms with Gasteiger partial charge in [0, 0.05) is 18.3 Å². The van der Waals surface area contributed by atoms with Crippen molar-refractivity contribution in [3.8, 4) is 0 Å². The summed E-state index contributed by atoms with van der Waals surface area (Å²) in [6, 6.07) is 0. The van der Waals surface area contributed by atoms with Gasteiger partial charge in [0.2, 0.25) is 0 Å². The number of aliphatic hydroxyl groups excluding tert-OH is 1. The maximum absolute atomic E-state index is 10.1. The average molecular weight is 266 g/mol. The Bertz CT molecular complexity index is 611. The average Bonchev–Trinajstić information content (AvgIpc) is 2.61. The topological polar surface area (TPSA) is 44.6 Å². The number of aliphatic hydroxyl groups is 1. The van der Waals surface area contributed by atoms with Crippen LogP contribution in [0.25, 0.3) is 0 Å². The molecule has 102 valence electrons. The highest BCUT2D eigenvalue weighted by molar-refractivity contribution is 5.87. The second kappa shape index (κ2) is 6.57. The van der Waals surface area contributed by atoms with E-state index in [-0.39, 0.29) is 5.88 Å². The minimum absolute atomic E-state index is 0.139. The Labute approximate surface area is 119 Å². The zero-order valence-electron chi connectivity index (χ0n) is 11.5. The normalized spacial score (nSPS) is 18.9. The Morgan fingerprint density at radius 3 is 2.95 bits per heavy atom. The first-order valence-electron chi connectivity index (χ1n) is 6.51. The van der Waals surface area contributed by atoms with Gasteiger partial charge in [-0.05, 0) is 30.7 Å². The van der Waals surface area contributed by atoms with Crippen molar-refractivity contribution in [2.24, 2.45) is 4.99 Å². The fourth-order valence-electron chi connectivity index (χ4n) is 2.03. The predicted molar refractivity (Wildman–Crippen MR) is 84.3 cm³/mol. The summed E-state index contributed by atoms with van der Waals surface area (Å²) in [4.78, 5) is 4.39. The van der Waals surface area contributed by atoms with E-state index < -0.39 is 0 Å². The maximum Gasteiger partial charge on any atom is 0.197 e. The Morgan fingerprint density at radius 1 is 1.40 bits per heavy atom. The fraction of sp³-hybridized carbons (Fsp3) is 0.118. The number of rotatable bonds is 4. The molecule has 0 aromatic heterocycles. The molecule has 0 spiro atoms. The molecule has 0 amide bonds. The van der Waals surface area contributed by atoms with Crippen LogP contribution in [0.15, 0.2) is 88.6 Å². The molecule has 3 heteroatoms. The van der Waals surface area contributed by atoms with Crippen molar-refractivity contribution in [3.05, 3.63) is 83.6 Å². The summed E-state index contributed by atoms with van der Waals surface area (Å²) in [6.45, 7) is 5.60. The molecular formula is C17H18N2O.